The number of carboxylic acid groups (broad SMARTS) is 1. The number of halogens is 1. The van der Waals surface area contributed by atoms with E-state index < -0.39 is 11.6 Å². The van der Waals surface area contributed by atoms with Crippen LogP contribution in [0.2, 0.25) is 5.02 Å². The molecule has 1 fully saturated rings. The lowest BCUT2D eigenvalue weighted by atomic mass is 9.87. The lowest BCUT2D eigenvalue weighted by molar-refractivity contribution is -0.143. The average molecular weight is 458 g/mol. The Hall–Kier alpha value is -2.64. The maximum absolute atomic E-state index is 11.1. The van der Waals surface area contributed by atoms with Gasteiger partial charge in [-0.2, -0.15) is 4.98 Å². The zero-order chi connectivity index (χ0) is 22.9. The Bertz CT molecular complexity index is 1100. The van der Waals surface area contributed by atoms with Crippen LogP contribution in [0, 0.1) is 5.92 Å². The zero-order valence-electron chi connectivity index (χ0n) is 18.3. The van der Waals surface area contributed by atoms with Gasteiger partial charge in [-0.1, -0.05) is 35.9 Å². The molecule has 0 amide bonds. The van der Waals surface area contributed by atoms with Crippen LogP contribution >= 0.6 is 11.6 Å². The molecule has 0 spiro atoms. The van der Waals surface area contributed by atoms with Crippen LogP contribution in [0.1, 0.15) is 51.5 Å². The van der Waals surface area contributed by atoms with E-state index in [0.717, 1.165) is 17.5 Å². The summed E-state index contributed by atoms with van der Waals surface area (Å²) in [6.45, 7) is 3.62. The number of aromatic nitrogens is 3. The number of carbonyl (C=O) groups is 1. The van der Waals surface area contributed by atoms with Crippen molar-refractivity contribution >= 4 is 28.7 Å². The molecule has 7 nitrogen and oxygen atoms in total. The van der Waals surface area contributed by atoms with E-state index >= 15 is 0 Å². The first-order valence-electron chi connectivity index (χ1n) is 11.0. The number of imidazole rings is 1. The molecule has 32 heavy (non-hydrogen) atoms. The fourth-order valence-corrected chi connectivity index (χ4v) is 4.28. The first kappa shape index (κ1) is 22.6. The molecular formula is C24H28ClN3O4. The second kappa shape index (κ2) is 9.08. The first-order valence-corrected chi connectivity index (χ1v) is 11.3. The van der Waals surface area contributed by atoms with Gasteiger partial charge in [-0.05, 0) is 64.0 Å². The van der Waals surface area contributed by atoms with Crippen LogP contribution in [-0.2, 0) is 11.2 Å². The van der Waals surface area contributed by atoms with Crippen molar-refractivity contribution < 1.29 is 19.7 Å². The number of carboxylic acids is 1. The number of ether oxygens (including phenoxy) is 1. The molecule has 1 aliphatic carbocycles. The van der Waals surface area contributed by atoms with Crippen LogP contribution in [-0.4, -0.2) is 42.8 Å². The van der Waals surface area contributed by atoms with E-state index in [9.17, 15) is 9.90 Å². The zero-order valence-corrected chi connectivity index (χ0v) is 19.0. The number of aryl methyl sites for hydroxylation is 1. The van der Waals surface area contributed by atoms with E-state index in [2.05, 4.69) is 15.0 Å². The molecule has 2 heterocycles. The molecule has 3 N–H and O–H groups in total. The summed E-state index contributed by atoms with van der Waals surface area (Å²) in [6, 6.07) is 10.2. The van der Waals surface area contributed by atoms with Crippen molar-refractivity contribution in [3.63, 3.8) is 0 Å². The third-order valence-corrected chi connectivity index (χ3v) is 6.25. The topological polar surface area (TPSA) is 108 Å². The number of hydrogen-bond acceptors (Lipinski definition) is 5. The van der Waals surface area contributed by atoms with Crippen LogP contribution in [0.25, 0.3) is 22.4 Å². The van der Waals surface area contributed by atoms with Crippen molar-refractivity contribution in [1.29, 1.82) is 0 Å². The van der Waals surface area contributed by atoms with Crippen molar-refractivity contribution in [3.05, 3.63) is 40.9 Å². The Kier molecular flexibility index (Phi) is 6.40. The van der Waals surface area contributed by atoms with E-state index in [1.54, 1.807) is 6.07 Å². The highest BCUT2D eigenvalue weighted by atomic mass is 35.5. The molecule has 4 rings (SSSR count). The highest BCUT2D eigenvalue weighted by molar-refractivity contribution is 6.33. The second-order valence-corrected chi connectivity index (χ2v) is 9.58. The predicted octanol–water partition coefficient (Wildman–Crippen LogP) is 5.00. The first-order chi connectivity index (χ1) is 15.2. The molecular weight excluding hydrogens is 430 g/mol. The largest absolute Gasteiger partial charge is 0.481 e. The van der Waals surface area contributed by atoms with Gasteiger partial charge < -0.3 is 19.9 Å². The molecule has 3 aromatic rings. The highest BCUT2D eigenvalue weighted by Gasteiger charge is 2.27. The third-order valence-electron chi connectivity index (χ3n) is 5.96. The summed E-state index contributed by atoms with van der Waals surface area (Å²) in [7, 11) is 0. The molecule has 8 heteroatoms. The van der Waals surface area contributed by atoms with Crippen LogP contribution in [0.4, 0.5) is 0 Å². The molecule has 0 aliphatic heterocycles. The molecule has 0 unspecified atom stereocenters. The number of aliphatic hydroxyl groups is 1. The van der Waals surface area contributed by atoms with E-state index in [-0.39, 0.29) is 12.0 Å². The van der Waals surface area contributed by atoms with Crippen LogP contribution < -0.4 is 4.74 Å². The van der Waals surface area contributed by atoms with E-state index in [1.807, 2.05) is 38.1 Å². The Labute approximate surface area is 191 Å². The van der Waals surface area contributed by atoms with Gasteiger partial charge in [-0.3, -0.25) is 4.79 Å². The number of aromatic amines is 1. The maximum atomic E-state index is 11.1. The third kappa shape index (κ3) is 5.40. The number of H-pyrrole nitrogens is 1. The van der Waals surface area contributed by atoms with E-state index in [1.165, 1.54) is 0 Å². The van der Waals surface area contributed by atoms with Crippen molar-refractivity contribution in [2.75, 3.05) is 0 Å². The Balaban J connectivity index is 1.47. The summed E-state index contributed by atoms with van der Waals surface area (Å²) in [5, 5.41) is 19.6. The van der Waals surface area contributed by atoms with Crippen molar-refractivity contribution in [1.82, 2.24) is 15.0 Å². The highest BCUT2D eigenvalue weighted by Crippen LogP contribution is 2.31. The van der Waals surface area contributed by atoms with Crippen LogP contribution in [0.3, 0.4) is 0 Å². The summed E-state index contributed by atoms with van der Waals surface area (Å²) < 4.78 is 5.96. The van der Waals surface area contributed by atoms with Gasteiger partial charge in [0.15, 0.2) is 5.65 Å². The standard InChI is InChI=1S/C24H28ClN3O4/c1-24(2,31)12-11-14-3-5-15(6-4-14)20-18(25)13-19-21(27-20)28-23(26-19)32-17-9-7-16(8-10-17)22(29)30/h3-6,13,16-17,31H,7-12H2,1-2H3,(H,29,30)(H,26,27,28). The predicted molar refractivity (Wildman–Crippen MR) is 123 cm³/mol. The van der Waals surface area contributed by atoms with Crippen molar-refractivity contribution in [2.24, 2.45) is 5.92 Å². The number of fused-ring (bicyclic) bond motifs is 1. The smallest absolute Gasteiger partial charge is 0.306 e. The molecule has 1 aliphatic rings. The number of nitrogens with zero attached hydrogens (tertiary/aromatic N) is 2. The van der Waals surface area contributed by atoms with Gasteiger partial charge in [0.05, 0.1) is 27.8 Å². The minimum absolute atomic E-state index is 0.0578. The van der Waals surface area contributed by atoms with E-state index in [4.69, 9.17) is 21.4 Å². The molecule has 170 valence electrons. The number of aliphatic carboxylic acids is 1. The summed E-state index contributed by atoms with van der Waals surface area (Å²) in [5.74, 6) is -1.01. The van der Waals surface area contributed by atoms with Crippen LogP contribution in [0.15, 0.2) is 30.3 Å². The lowest BCUT2D eigenvalue weighted by Gasteiger charge is -2.25. The van der Waals surface area contributed by atoms with Gasteiger partial charge in [0.2, 0.25) is 0 Å². The molecule has 0 bridgehead atoms. The molecule has 2 aromatic heterocycles. The number of hydrogen-bond donors (Lipinski definition) is 3. The second-order valence-electron chi connectivity index (χ2n) is 9.17. The minimum Gasteiger partial charge on any atom is -0.481 e. The van der Waals surface area contributed by atoms with E-state index in [0.29, 0.717) is 60.0 Å². The fourth-order valence-electron chi connectivity index (χ4n) is 4.02. The summed E-state index contributed by atoms with van der Waals surface area (Å²) in [4.78, 5) is 23.3. The Morgan fingerprint density at radius 3 is 2.50 bits per heavy atom. The molecule has 1 aromatic carbocycles. The van der Waals surface area contributed by atoms with Crippen LogP contribution in [0.5, 0.6) is 6.01 Å². The summed E-state index contributed by atoms with van der Waals surface area (Å²) in [6.07, 6.45) is 4.02. The number of nitrogens with one attached hydrogen (secondary N) is 1. The maximum Gasteiger partial charge on any atom is 0.306 e. The van der Waals surface area contributed by atoms with Gasteiger partial charge in [-0.15, -0.1) is 0 Å². The average Bonchev–Trinajstić information content (AvgIpc) is 3.13. The van der Waals surface area contributed by atoms with Gasteiger partial charge in [0.25, 0.3) is 6.01 Å². The quantitative estimate of drug-likeness (QED) is 0.460. The monoisotopic (exact) mass is 457 g/mol. The molecule has 0 atom stereocenters. The van der Waals surface area contributed by atoms with Crippen molar-refractivity contribution in [2.45, 2.75) is 64.1 Å². The molecule has 0 radical (unpaired) electrons. The Morgan fingerprint density at radius 1 is 1.19 bits per heavy atom. The summed E-state index contributed by atoms with van der Waals surface area (Å²) in [5.41, 5.74) is 3.19. The van der Waals surface area contributed by atoms with Crippen molar-refractivity contribution in [3.8, 4) is 17.3 Å². The summed E-state index contributed by atoms with van der Waals surface area (Å²) >= 11 is 6.51. The molecule has 0 saturated heterocycles. The SMILES string of the molecule is CC(C)(O)CCc1ccc(-c2nc3nc(OC4CCC(C(=O)O)CC4)[nH]c3cc2Cl)cc1. The Morgan fingerprint density at radius 2 is 1.88 bits per heavy atom. The number of pyridine rings is 1. The lowest BCUT2D eigenvalue weighted by Crippen LogP contribution is -2.28. The van der Waals surface area contributed by atoms with Gasteiger partial charge in [0.1, 0.15) is 6.10 Å². The number of rotatable bonds is 7. The normalized spacial score (nSPS) is 19.2. The van der Waals surface area contributed by atoms with Gasteiger partial charge in [0, 0.05) is 5.56 Å². The van der Waals surface area contributed by atoms with Gasteiger partial charge >= 0.3 is 5.97 Å². The fraction of sp³-hybridized carbons (Fsp3) is 0.458. The number of benzene rings is 1. The van der Waals surface area contributed by atoms with Gasteiger partial charge in [-0.25, -0.2) is 4.98 Å². The molecule has 1 saturated carbocycles. The minimum atomic E-state index is -0.733.